The van der Waals surface area contributed by atoms with Gasteiger partial charge in [0.25, 0.3) is 0 Å². The van der Waals surface area contributed by atoms with Gasteiger partial charge in [-0.15, -0.1) is 6.58 Å². The van der Waals surface area contributed by atoms with Crippen molar-refractivity contribution >= 4 is 5.91 Å². The van der Waals surface area contributed by atoms with Crippen LogP contribution in [0.3, 0.4) is 0 Å². The van der Waals surface area contributed by atoms with Crippen LogP contribution in [-0.4, -0.2) is 23.4 Å². The molecular formula is C11H19NO. The monoisotopic (exact) mass is 181 g/mol. The number of carbonyl (C=O) groups excluding carboxylic acids is 1. The Morgan fingerprint density at radius 2 is 2.38 bits per heavy atom. The maximum Gasteiger partial charge on any atom is 0.219 e. The highest BCUT2D eigenvalue weighted by Gasteiger charge is 2.23. The summed E-state index contributed by atoms with van der Waals surface area (Å²) in [5, 5.41) is 0. The SMILES string of the molecule is C=CCC[C@@H]1CCCCN1C(C)=O. The second kappa shape index (κ2) is 5.05. The molecular weight excluding hydrogens is 162 g/mol. The number of hydrogen-bond donors (Lipinski definition) is 0. The normalized spacial score (nSPS) is 22.8. The van der Waals surface area contributed by atoms with Gasteiger partial charge >= 0.3 is 0 Å². The third-order valence-corrected chi connectivity index (χ3v) is 2.74. The maximum atomic E-state index is 11.3. The van der Waals surface area contributed by atoms with Crippen LogP contribution in [0.1, 0.15) is 39.0 Å². The van der Waals surface area contributed by atoms with Crippen molar-refractivity contribution in [1.82, 2.24) is 4.90 Å². The summed E-state index contributed by atoms with van der Waals surface area (Å²) in [5.74, 6) is 0.230. The number of carbonyl (C=O) groups is 1. The van der Waals surface area contributed by atoms with E-state index in [-0.39, 0.29) is 5.91 Å². The summed E-state index contributed by atoms with van der Waals surface area (Å²) in [4.78, 5) is 13.3. The fourth-order valence-corrected chi connectivity index (χ4v) is 2.03. The van der Waals surface area contributed by atoms with Gasteiger partial charge in [0, 0.05) is 19.5 Å². The van der Waals surface area contributed by atoms with Crippen molar-refractivity contribution in [1.29, 1.82) is 0 Å². The minimum absolute atomic E-state index is 0.230. The number of amides is 1. The third kappa shape index (κ3) is 2.87. The summed E-state index contributed by atoms with van der Waals surface area (Å²) in [7, 11) is 0. The van der Waals surface area contributed by atoms with Gasteiger partial charge < -0.3 is 4.90 Å². The first-order chi connectivity index (χ1) is 6.25. The van der Waals surface area contributed by atoms with Crippen LogP contribution in [0.15, 0.2) is 12.7 Å². The molecule has 2 heteroatoms. The molecule has 0 unspecified atom stereocenters. The van der Waals surface area contributed by atoms with Crippen molar-refractivity contribution in [3.63, 3.8) is 0 Å². The molecule has 0 aromatic carbocycles. The zero-order valence-corrected chi connectivity index (χ0v) is 8.46. The molecule has 0 aliphatic carbocycles. The van der Waals surface area contributed by atoms with Crippen LogP contribution < -0.4 is 0 Å². The third-order valence-electron chi connectivity index (χ3n) is 2.74. The number of nitrogens with zero attached hydrogens (tertiary/aromatic N) is 1. The van der Waals surface area contributed by atoms with Gasteiger partial charge in [-0.25, -0.2) is 0 Å². The first-order valence-electron chi connectivity index (χ1n) is 5.14. The quantitative estimate of drug-likeness (QED) is 0.612. The molecule has 1 aliphatic rings. The summed E-state index contributed by atoms with van der Waals surface area (Å²) in [6, 6.07) is 0.476. The van der Waals surface area contributed by atoms with Crippen LogP contribution in [0.5, 0.6) is 0 Å². The molecule has 1 rings (SSSR count). The number of allylic oxidation sites excluding steroid dienone is 1. The van der Waals surface area contributed by atoms with Gasteiger partial charge in [-0.3, -0.25) is 4.79 Å². The largest absolute Gasteiger partial charge is 0.340 e. The van der Waals surface area contributed by atoms with Crippen LogP contribution in [0, 0.1) is 0 Å². The summed E-state index contributed by atoms with van der Waals surface area (Å²) in [6.07, 6.45) is 7.66. The molecule has 0 saturated carbocycles. The molecule has 1 saturated heterocycles. The van der Waals surface area contributed by atoms with Crippen LogP contribution in [-0.2, 0) is 4.79 Å². The van der Waals surface area contributed by atoms with Crippen molar-refractivity contribution in [2.45, 2.75) is 45.1 Å². The zero-order chi connectivity index (χ0) is 9.68. The van der Waals surface area contributed by atoms with Crippen LogP contribution >= 0.6 is 0 Å². The van der Waals surface area contributed by atoms with Crippen molar-refractivity contribution in [2.75, 3.05) is 6.54 Å². The molecule has 74 valence electrons. The second-order valence-corrected chi connectivity index (χ2v) is 3.73. The summed E-state index contributed by atoms with van der Waals surface area (Å²) in [6.45, 7) is 6.34. The lowest BCUT2D eigenvalue weighted by Gasteiger charge is -2.35. The first kappa shape index (κ1) is 10.3. The number of hydrogen-bond acceptors (Lipinski definition) is 1. The van der Waals surface area contributed by atoms with Gasteiger partial charge in [0.1, 0.15) is 0 Å². The average Bonchev–Trinajstić information content (AvgIpc) is 2.15. The fourth-order valence-electron chi connectivity index (χ4n) is 2.03. The van der Waals surface area contributed by atoms with E-state index in [0.29, 0.717) is 6.04 Å². The standard InChI is InChI=1S/C11H19NO/c1-3-4-7-11-8-5-6-9-12(11)10(2)13/h3,11H,1,4-9H2,2H3/t11-/m1/s1. The molecule has 1 aliphatic heterocycles. The number of rotatable bonds is 3. The molecule has 0 aromatic rings. The zero-order valence-electron chi connectivity index (χ0n) is 8.46. The van der Waals surface area contributed by atoms with E-state index >= 15 is 0 Å². The van der Waals surface area contributed by atoms with Crippen LogP contribution in [0.4, 0.5) is 0 Å². The Balaban J connectivity index is 2.46. The molecule has 13 heavy (non-hydrogen) atoms. The molecule has 0 aromatic heterocycles. The van der Waals surface area contributed by atoms with E-state index < -0.39 is 0 Å². The maximum absolute atomic E-state index is 11.3. The molecule has 0 radical (unpaired) electrons. The van der Waals surface area contributed by atoms with Crippen LogP contribution in [0.25, 0.3) is 0 Å². The minimum atomic E-state index is 0.230. The fraction of sp³-hybridized carbons (Fsp3) is 0.727. The van der Waals surface area contributed by atoms with Gasteiger partial charge in [0.15, 0.2) is 0 Å². The Morgan fingerprint density at radius 1 is 1.62 bits per heavy atom. The Morgan fingerprint density at radius 3 is 3.00 bits per heavy atom. The van der Waals surface area contributed by atoms with Gasteiger partial charge in [-0.1, -0.05) is 6.08 Å². The lowest BCUT2D eigenvalue weighted by Crippen LogP contribution is -2.42. The van der Waals surface area contributed by atoms with Gasteiger partial charge in [0.05, 0.1) is 0 Å². The van der Waals surface area contributed by atoms with Gasteiger partial charge in [-0.2, -0.15) is 0 Å². The topological polar surface area (TPSA) is 20.3 Å². The van der Waals surface area contributed by atoms with Gasteiger partial charge in [0.2, 0.25) is 5.91 Å². The lowest BCUT2D eigenvalue weighted by atomic mass is 9.98. The van der Waals surface area contributed by atoms with E-state index in [1.165, 1.54) is 19.3 Å². The lowest BCUT2D eigenvalue weighted by molar-refractivity contribution is -0.132. The molecule has 1 heterocycles. The molecule has 2 nitrogen and oxygen atoms in total. The van der Waals surface area contributed by atoms with Crippen molar-refractivity contribution in [2.24, 2.45) is 0 Å². The predicted octanol–water partition coefficient (Wildman–Crippen LogP) is 2.35. The molecule has 0 bridgehead atoms. The average molecular weight is 181 g/mol. The minimum Gasteiger partial charge on any atom is -0.340 e. The van der Waals surface area contributed by atoms with E-state index in [1.54, 1.807) is 6.92 Å². The molecule has 1 atom stereocenters. The highest BCUT2D eigenvalue weighted by Crippen LogP contribution is 2.20. The molecule has 0 N–H and O–H groups in total. The summed E-state index contributed by atoms with van der Waals surface area (Å²) in [5.41, 5.74) is 0. The van der Waals surface area contributed by atoms with Crippen LogP contribution in [0.2, 0.25) is 0 Å². The Hall–Kier alpha value is -0.790. The summed E-state index contributed by atoms with van der Waals surface area (Å²) < 4.78 is 0. The Kier molecular flexibility index (Phi) is 4.00. The van der Waals surface area contributed by atoms with Crippen molar-refractivity contribution in [3.05, 3.63) is 12.7 Å². The molecule has 1 amide bonds. The predicted molar refractivity (Wildman–Crippen MR) is 54.5 cm³/mol. The van der Waals surface area contributed by atoms with Crippen molar-refractivity contribution in [3.8, 4) is 0 Å². The highest BCUT2D eigenvalue weighted by molar-refractivity contribution is 5.73. The smallest absolute Gasteiger partial charge is 0.219 e. The molecule has 0 spiro atoms. The first-order valence-corrected chi connectivity index (χ1v) is 5.14. The van der Waals surface area contributed by atoms with E-state index in [1.807, 2.05) is 11.0 Å². The van der Waals surface area contributed by atoms with Crippen molar-refractivity contribution < 1.29 is 4.79 Å². The van der Waals surface area contributed by atoms with E-state index in [4.69, 9.17) is 0 Å². The number of likely N-dealkylation sites (tertiary alicyclic amines) is 1. The van der Waals surface area contributed by atoms with E-state index in [2.05, 4.69) is 6.58 Å². The second-order valence-electron chi connectivity index (χ2n) is 3.73. The number of piperidine rings is 1. The van der Waals surface area contributed by atoms with Gasteiger partial charge in [-0.05, 0) is 32.1 Å². The summed E-state index contributed by atoms with van der Waals surface area (Å²) >= 11 is 0. The van der Waals surface area contributed by atoms with E-state index in [0.717, 1.165) is 19.4 Å². The highest BCUT2D eigenvalue weighted by atomic mass is 16.2. The molecule has 1 fully saturated rings. The Bertz CT molecular complexity index is 189. The van der Waals surface area contributed by atoms with E-state index in [9.17, 15) is 4.79 Å². The Labute approximate surface area is 80.6 Å².